The summed E-state index contributed by atoms with van der Waals surface area (Å²) in [5.74, 6) is -1.15. The summed E-state index contributed by atoms with van der Waals surface area (Å²) in [5, 5.41) is 10.4. The minimum Gasteiger partial charge on any atom is -0.481 e. The smallest absolute Gasteiger partial charge is 0.304 e. The van der Waals surface area contributed by atoms with E-state index >= 15 is 0 Å². The second-order valence-electron chi connectivity index (χ2n) is 4.90. The Bertz CT molecular complexity index is 704. The summed E-state index contributed by atoms with van der Waals surface area (Å²) in [7, 11) is 0. The lowest BCUT2D eigenvalue weighted by atomic mass is 9.92. The van der Waals surface area contributed by atoms with Crippen LogP contribution in [0.1, 0.15) is 17.9 Å². The first kappa shape index (κ1) is 17.1. The van der Waals surface area contributed by atoms with Gasteiger partial charge in [-0.2, -0.15) is 0 Å². The molecular weight excluding hydrogens is 345 g/mol. The lowest BCUT2D eigenvalue weighted by Gasteiger charge is -2.15. The van der Waals surface area contributed by atoms with Crippen LogP contribution in [0, 0.1) is 0 Å². The number of hydrogen-bond acceptors (Lipinski definition) is 2. The molecule has 0 bridgehead atoms. The Balaban J connectivity index is 2.45. The molecule has 0 spiro atoms. The van der Waals surface area contributed by atoms with Gasteiger partial charge < -0.3 is 10.8 Å². The molecule has 0 saturated carbocycles. The summed E-state index contributed by atoms with van der Waals surface area (Å²) in [6.45, 7) is 0.245. The second kappa shape index (κ2) is 7.34. The Morgan fingerprint density at radius 1 is 1.05 bits per heavy atom. The first-order valence-electron chi connectivity index (χ1n) is 6.59. The van der Waals surface area contributed by atoms with Gasteiger partial charge in [0.2, 0.25) is 0 Å². The van der Waals surface area contributed by atoms with E-state index in [1.165, 1.54) is 0 Å². The van der Waals surface area contributed by atoms with Gasteiger partial charge in [0.1, 0.15) is 0 Å². The third-order valence-corrected chi connectivity index (χ3v) is 4.47. The molecule has 0 radical (unpaired) electrons. The van der Waals surface area contributed by atoms with Gasteiger partial charge in [-0.25, -0.2) is 0 Å². The van der Waals surface area contributed by atoms with Crippen LogP contribution < -0.4 is 5.73 Å². The molecular formula is C16H14Cl3NO2. The zero-order valence-corrected chi connectivity index (χ0v) is 13.8. The molecule has 0 unspecified atom stereocenters. The van der Waals surface area contributed by atoms with E-state index in [4.69, 9.17) is 45.6 Å². The number of nitrogens with two attached hydrogens (primary N) is 1. The van der Waals surface area contributed by atoms with Crippen LogP contribution in [0.5, 0.6) is 0 Å². The largest absolute Gasteiger partial charge is 0.481 e. The maximum absolute atomic E-state index is 10.9. The number of carboxylic acid groups (broad SMARTS) is 1. The van der Waals surface area contributed by atoms with Crippen molar-refractivity contribution in [3.05, 3.63) is 57.0 Å². The first-order valence-corrected chi connectivity index (χ1v) is 7.72. The lowest BCUT2D eigenvalue weighted by molar-refractivity contribution is -0.137. The molecule has 0 fully saturated rings. The Morgan fingerprint density at radius 2 is 1.73 bits per heavy atom. The maximum atomic E-state index is 10.9. The summed E-state index contributed by atoms with van der Waals surface area (Å²) in [6.07, 6.45) is -0.0288. The highest BCUT2D eigenvalue weighted by molar-refractivity contribution is 6.42. The molecule has 2 aromatic carbocycles. The van der Waals surface area contributed by atoms with Crippen LogP contribution in [0.3, 0.4) is 0 Å². The van der Waals surface area contributed by atoms with Crippen molar-refractivity contribution in [3.8, 4) is 11.1 Å². The van der Waals surface area contributed by atoms with Gasteiger partial charge in [0, 0.05) is 16.5 Å². The van der Waals surface area contributed by atoms with Crippen LogP contribution >= 0.6 is 34.8 Å². The van der Waals surface area contributed by atoms with Crippen molar-refractivity contribution in [2.24, 2.45) is 5.73 Å². The van der Waals surface area contributed by atoms with Crippen LogP contribution in [0.2, 0.25) is 15.1 Å². The molecule has 0 aliphatic heterocycles. The fourth-order valence-electron chi connectivity index (χ4n) is 2.23. The molecule has 3 N–H and O–H groups in total. The van der Waals surface area contributed by atoms with Crippen molar-refractivity contribution in [3.63, 3.8) is 0 Å². The SMILES string of the molecule is NC[C@H](CC(=O)O)c1ccc(Cl)c(-c2ccc(Cl)c(Cl)c2)c1. The molecule has 0 heterocycles. The quantitative estimate of drug-likeness (QED) is 0.804. The highest BCUT2D eigenvalue weighted by Gasteiger charge is 2.16. The van der Waals surface area contributed by atoms with Crippen molar-refractivity contribution in [2.75, 3.05) is 6.54 Å². The average Bonchev–Trinajstić information content (AvgIpc) is 2.48. The zero-order chi connectivity index (χ0) is 16.3. The Hall–Kier alpha value is -1.26. The van der Waals surface area contributed by atoms with Crippen LogP contribution in [0.25, 0.3) is 11.1 Å². The Kier molecular flexibility index (Phi) is 5.70. The molecule has 0 aliphatic carbocycles. The van der Waals surface area contributed by atoms with Crippen molar-refractivity contribution in [1.82, 2.24) is 0 Å². The number of rotatable bonds is 5. The number of carboxylic acids is 1. The average molecular weight is 359 g/mol. The van der Waals surface area contributed by atoms with Gasteiger partial charge in [-0.05, 0) is 41.9 Å². The normalized spacial score (nSPS) is 12.2. The van der Waals surface area contributed by atoms with Gasteiger partial charge >= 0.3 is 5.97 Å². The lowest BCUT2D eigenvalue weighted by Crippen LogP contribution is -2.16. The third-order valence-electron chi connectivity index (χ3n) is 3.40. The summed E-state index contributed by atoms with van der Waals surface area (Å²) in [6, 6.07) is 10.6. The third kappa shape index (κ3) is 3.93. The van der Waals surface area contributed by atoms with Gasteiger partial charge in [0.25, 0.3) is 0 Å². The van der Waals surface area contributed by atoms with Gasteiger partial charge in [0.15, 0.2) is 0 Å². The summed E-state index contributed by atoms with van der Waals surface area (Å²) in [4.78, 5) is 10.9. The molecule has 3 nitrogen and oxygen atoms in total. The van der Waals surface area contributed by atoms with E-state index in [2.05, 4.69) is 0 Å². The van der Waals surface area contributed by atoms with E-state index < -0.39 is 5.97 Å². The Labute approximate surface area is 143 Å². The van der Waals surface area contributed by atoms with Crippen molar-refractivity contribution >= 4 is 40.8 Å². The number of aliphatic carboxylic acids is 1. The summed E-state index contributed by atoms with van der Waals surface area (Å²) < 4.78 is 0. The minimum absolute atomic E-state index is 0.0288. The standard InChI is InChI=1S/C16H14Cl3NO2/c17-13-3-1-9(11(8-20)7-16(21)22)5-12(13)10-2-4-14(18)15(19)6-10/h1-6,11H,7-8,20H2,(H,21,22)/t11-/m0/s1. The first-order chi connectivity index (χ1) is 10.4. The van der Waals surface area contributed by atoms with E-state index in [9.17, 15) is 4.79 Å². The maximum Gasteiger partial charge on any atom is 0.304 e. The molecule has 6 heteroatoms. The van der Waals surface area contributed by atoms with Gasteiger partial charge in [-0.3, -0.25) is 4.79 Å². The molecule has 2 rings (SSSR count). The highest BCUT2D eigenvalue weighted by atomic mass is 35.5. The zero-order valence-electron chi connectivity index (χ0n) is 11.5. The molecule has 22 heavy (non-hydrogen) atoms. The Morgan fingerprint density at radius 3 is 2.32 bits per heavy atom. The predicted octanol–water partition coefficient (Wildman–Crippen LogP) is 4.83. The number of carbonyl (C=O) groups is 1. The van der Waals surface area contributed by atoms with Gasteiger partial charge in [0.05, 0.1) is 16.5 Å². The monoisotopic (exact) mass is 357 g/mol. The number of benzene rings is 2. The van der Waals surface area contributed by atoms with E-state index in [1.54, 1.807) is 24.3 Å². The van der Waals surface area contributed by atoms with Crippen LogP contribution in [0.4, 0.5) is 0 Å². The van der Waals surface area contributed by atoms with Gasteiger partial charge in [-0.15, -0.1) is 0 Å². The molecule has 0 aliphatic rings. The summed E-state index contributed by atoms with van der Waals surface area (Å²) >= 11 is 18.2. The van der Waals surface area contributed by atoms with E-state index in [0.717, 1.165) is 16.7 Å². The fraction of sp³-hybridized carbons (Fsp3) is 0.188. The summed E-state index contributed by atoms with van der Waals surface area (Å²) in [5.41, 5.74) is 8.10. The van der Waals surface area contributed by atoms with E-state index in [-0.39, 0.29) is 18.9 Å². The molecule has 116 valence electrons. The van der Waals surface area contributed by atoms with E-state index in [1.807, 2.05) is 12.1 Å². The van der Waals surface area contributed by atoms with Crippen LogP contribution in [0.15, 0.2) is 36.4 Å². The van der Waals surface area contributed by atoms with Crippen molar-refractivity contribution < 1.29 is 9.90 Å². The predicted molar refractivity (Wildman–Crippen MR) is 91.0 cm³/mol. The van der Waals surface area contributed by atoms with Crippen LogP contribution in [-0.4, -0.2) is 17.6 Å². The number of halogens is 3. The molecule has 0 amide bonds. The molecule has 2 aromatic rings. The highest BCUT2D eigenvalue weighted by Crippen LogP contribution is 2.35. The molecule has 0 saturated heterocycles. The van der Waals surface area contributed by atoms with Crippen molar-refractivity contribution in [1.29, 1.82) is 0 Å². The molecule has 1 atom stereocenters. The minimum atomic E-state index is -0.888. The van der Waals surface area contributed by atoms with Gasteiger partial charge in [-0.1, -0.05) is 46.9 Å². The second-order valence-corrected chi connectivity index (χ2v) is 6.12. The topological polar surface area (TPSA) is 63.3 Å². The fourth-order valence-corrected chi connectivity index (χ4v) is 2.75. The van der Waals surface area contributed by atoms with Crippen LogP contribution in [-0.2, 0) is 4.79 Å². The number of hydrogen-bond donors (Lipinski definition) is 2. The van der Waals surface area contributed by atoms with E-state index in [0.29, 0.717) is 15.1 Å². The van der Waals surface area contributed by atoms with Crippen molar-refractivity contribution in [2.45, 2.75) is 12.3 Å². The molecule has 0 aromatic heterocycles.